The number of carbonyl (C=O) groups is 1. The molecule has 1 aromatic carbocycles. The van der Waals surface area contributed by atoms with E-state index in [-0.39, 0.29) is 11.9 Å². The van der Waals surface area contributed by atoms with Crippen LogP contribution in [0.2, 0.25) is 0 Å². The predicted octanol–water partition coefficient (Wildman–Crippen LogP) is 1.80. The Balaban J connectivity index is 1.98. The highest BCUT2D eigenvalue weighted by molar-refractivity contribution is 7.07. The lowest BCUT2D eigenvalue weighted by molar-refractivity contribution is -0.907. The molecular weight excluding hydrogens is 284 g/mol. The summed E-state index contributed by atoms with van der Waals surface area (Å²) in [6.07, 6.45) is 0. The Bertz CT molecular complexity index is 584. The Labute approximate surface area is 129 Å². The fraction of sp³-hybridized carbons (Fsp3) is 0.312. The molecule has 2 aromatic rings. The van der Waals surface area contributed by atoms with Gasteiger partial charge in [0.25, 0.3) is 5.91 Å². The SMILES string of the molecule is COc1ccccc1NC(=O)[C@H](C)[NH+](C)Cc1ccsc1. The molecule has 0 aliphatic carbocycles. The zero-order chi connectivity index (χ0) is 15.2. The molecule has 2 N–H and O–H groups in total. The van der Waals surface area contributed by atoms with Crippen molar-refractivity contribution in [3.63, 3.8) is 0 Å². The molecular formula is C16H21N2O2S+. The molecule has 1 aromatic heterocycles. The van der Waals surface area contributed by atoms with Crippen LogP contribution in [0.5, 0.6) is 5.75 Å². The van der Waals surface area contributed by atoms with Gasteiger partial charge in [0.05, 0.1) is 19.8 Å². The van der Waals surface area contributed by atoms with Crippen molar-refractivity contribution in [2.75, 3.05) is 19.5 Å². The van der Waals surface area contributed by atoms with E-state index >= 15 is 0 Å². The Morgan fingerprint density at radius 2 is 2.14 bits per heavy atom. The van der Waals surface area contributed by atoms with Crippen molar-refractivity contribution >= 4 is 22.9 Å². The number of thiophene rings is 1. The highest BCUT2D eigenvalue weighted by atomic mass is 32.1. The molecule has 1 unspecified atom stereocenters. The third-order valence-electron chi connectivity index (χ3n) is 3.56. The molecule has 0 saturated carbocycles. The van der Waals surface area contributed by atoms with Crippen LogP contribution in [0.25, 0.3) is 0 Å². The van der Waals surface area contributed by atoms with Gasteiger partial charge in [-0.2, -0.15) is 11.3 Å². The van der Waals surface area contributed by atoms with Crippen LogP contribution in [0.15, 0.2) is 41.1 Å². The number of hydrogen-bond donors (Lipinski definition) is 2. The summed E-state index contributed by atoms with van der Waals surface area (Å²) in [5.41, 5.74) is 1.97. The van der Waals surface area contributed by atoms with E-state index in [0.29, 0.717) is 11.4 Å². The van der Waals surface area contributed by atoms with Crippen molar-refractivity contribution in [2.45, 2.75) is 19.5 Å². The number of quaternary nitrogens is 1. The van der Waals surface area contributed by atoms with Crippen molar-refractivity contribution in [1.29, 1.82) is 0 Å². The third-order valence-corrected chi connectivity index (χ3v) is 4.29. The van der Waals surface area contributed by atoms with Gasteiger partial charge in [0.15, 0.2) is 6.04 Å². The Hall–Kier alpha value is -1.85. The lowest BCUT2D eigenvalue weighted by atomic mass is 10.2. The van der Waals surface area contributed by atoms with Gasteiger partial charge < -0.3 is 15.0 Å². The molecule has 0 bridgehead atoms. The lowest BCUT2D eigenvalue weighted by Crippen LogP contribution is -3.12. The number of nitrogens with one attached hydrogen (secondary N) is 2. The van der Waals surface area contributed by atoms with Gasteiger partial charge in [0, 0.05) is 5.56 Å². The highest BCUT2D eigenvalue weighted by Crippen LogP contribution is 2.22. The molecule has 0 aliphatic heterocycles. The molecule has 0 fully saturated rings. The first-order chi connectivity index (χ1) is 10.1. The van der Waals surface area contributed by atoms with Crippen molar-refractivity contribution in [1.82, 2.24) is 0 Å². The average Bonchev–Trinajstić information content (AvgIpc) is 2.99. The number of hydrogen-bond acceptors (Lipinski definition) is 3. The van der Waals surface area contributed by atoms with Gasteiger partial charge in [0.2, 0.25) is 0 Å². The Morgan fingerprint density at radius 3 is 2.81 bits per heavy atom. The Morgan fingerprint density at radius 1 is 1.38 bits per heavy atom. The van der Waals surface area contributed by atoms with Crippen LogP contribution in [-0.2, 0) is 11.3 Å². The fourth-order valence-corrected chi connectivity index (χ4v) is 2.75. The normalized spacial score (nSPS) is 13.5. The Kier molecular flexibility index (Phi) is 5.36. The number of ether oxygens (including phenoxy) is 1. The van der Waals surface area contributed by atoms with Gasteiger partial charge >= 0.3 is 0 Å². The van der Waals surface area contributed by atoms with Crippen molar-refractivity contribution < 1.29 is 14.4 Å². The number of methoxy groups -OCH3 is 1. The van der Waals surface area contributed by atoms with Crippen molar-refractivity contribution in [2.24, 2.45) is 0 Å². The van der Waals surface area contributed by atoms with Crippen LogP contribution in [0.3, 0.4) is 0 Å². The molecule has 1 amide bonds. The monoisotopic (exact) mass is 305 g/mol. The topological polar surface area (TPSA) is 42.8 Å². The summed E-state index contributed by atoms with van der Waals surface area (Å²) >= 11 is 1.68. The van der Waals surface area contributed by atoms with E-state index < -0.39 is 0 Å². The average molecular weight is 305 g/mol. The smallest absolute Gasteiger partial charge is 0.282 e. The number of para-hydroxylation sites is 2. The maximum atomic E-state index is 12.4. The number of rotatable bonds is 6. The molecule has 5 heteroatoms. The maximum absolute atomic E-state index is 12.4. The standard InChI is InChI=1S/C16H20N2O2S/c1-12(18(2)10-13-8-9-21-11-13)16(19)17-14-6-4-5-7-15(14)20-3/h4-9,11-12H,10H2,1-3H3,(H,17,19)/p+1/t12-/m0/s1. The van der Waals surface area contributed by atoms with Gasteiger partial charge in [-0.25, -0.2) is 0 Å². The molecule has 112 valence electrons. The summed E-state index contributed by atoms with van der Waals surface area (Å²) in [7, 11) is 3.63. The molecule has 4 nitrogen and oxygen atoms in total. The second kappa shape index (κ2) is 7.24. The number of carbonyl (C=O) groups excluding carboxylic acids is 1. The summed E-state index contributed by atoms with van der Waals surface area (Å²) in [4.78, 5) is 13.5. The van der Waals surface area contributed by atoms with Gasteiger partial charge in [-0.1, -0.05) is 12.1 Å². The molecule has 0 spiro atoms. The second-order valence-electron chi connectivity index (χ2n) is 5.07. The van der Waals surface area contributed by atoms with Crippen LogP contribution in [-0.4, -0.2) is 26.1 Å². The first-order valence-electron chi connectivity index (χ1n) is 6.89. The van der Waals surface area contributed by atoms with Gasteiger partial charge in [0.1, 0.15) is 12.3 Å². The first-order valence-corrected chi connectivity index (χ1v) is 7.83. The van der Waals surface area contributed by atoms with E-state index in [4.69, 9.17) is 4.74 Å². The number of likely N-dealkylation sites (N-methyl/N-ethyl adjacent to an activating group) is 1. The summed E-state index contributed by atoms with van der Waals surface area (Å²) in [5.74, 6) is 0.667. The highest BCUT2D eigenvalue weighted by Gasteiger charge is 2.22. The summed E-state index contributed by atoms with van der Waals surface area (Å²) in [6.45, 7) is 2.77. The molecule has 2 atom stereocenters. The minimum atomic E-state index is -0.144. The minimum Gasteiger partial charge on any atom is -0.495 e. The summed E-state index contributed by atoms with van der Waals surface area (Å²) < 4.78 is 5.25. The van der Waals surface area contributed by atoms with Gasteiger partial charge in [-0.3, -0.25) is 4.79 Å². The molecule has 0 aliphatic rings. The van der Waals surface area contributed by atoms with Crippen molar-refractivity contribution in [3.05, 3.63) is 46.7 Å². The first kappa shape index (κ1) is 15.5. The van der Waals surface area contributed by atoms with Gasteiger partial charge in [-0.15, -0.1) is 0 Å². The largest absolute Gasteiger partial charge is 0.495 e. The van der Waals surface area contributed by atoms with Crippen LogP contribution < -0.4 is 15.0 Å². The molecule has 21 heavy (non-hydrogen) atoms. The zero-order valence-corrected chi connectivity index (χ0v) is 13.4. The molecule has 0 saturated heterocycles. The van der Waals surface area contributed by atoms with Crippen LogP contribution >= 0.6 is 11.3 Å². The lowest BCUT2D eigenvalue weighted by Gasteiger charge is -2.21. The maximum Gasteiger partial charge on any atom is 0.282 e. The van der Waals surface area contributed by atoms with E-state index in [0.717, 1.165) is 11.4 Å². The quantitative estimate of drug-likeness (QED) is 0.854. The van der Waals surface area contributed by atoms with Crippen LogP contribution in [0.1, 0.15) is 12.5 Å². The number of amides is 1. The van der Waals surface area contributed by atoms with E-state index in [9.17, 15) is 4.79 Å². The second-order valence-corrected chi connectivity index (χ2v) is 5.85. The predicted molar refractivity (Wildman–Crippen MR) is 86.0 cm³/mol. The molecule has 2 rings (SSSR count). The van der Waals surface area contributed by atoms with Crippen LogP contribution in [0.4, 0.5) is 5.69 Å². The van der Waals surface area contributed by atoms with E-state index in [2.05, 4.69) is 22.1 Å². The van der Waals surface area contributed by atoms with Crippen LogP contribution in [0, 0.1) is 0 Å². The van der Waals surface area contributed by atoms with Crippen molar-refractivity contribution in [3.8, 4) is 5.75 Å². The fourth-order valence-electron chi connectivity index (χ4n) is 2.08. The summed E-state index contributed by atoms with van der Waals surface area (Å²) in [5, 5.41) is 7.12. The van der Waals surface area contributed by atoms with Gasteiger partial charge in [-0.05, 0) is 35.9 Å². The third kappa shape index (κ3) is 4.06. The summed E-state index contributed by atoms with van der Waals surface area (Å²) in [6, 6.07) is 9.39. The zero-order valence-electron chi connectivity index (χ0n) is 12.6. The van der Waals surface area contributed by atoms with E-state index in [1.165, 1.54) is 5.56 Å². The number of anilines is 1. The number of benzene rings is 1. The molecule has 1 heterocycles. The van der Waals surface area contributed by atoms with E-state index in [1.807, 2.05) is 38.2 Å². The van der Waals surface area contributed by atoms with E-state index in [1.54, 1.807) is 18.4 Å². The molecule has 0 radical (unpaired) electrons. The minimum absolute atomic E-state index is 0.00719.